The predicted octanol–water partition coefficient (Wildman–Crippen LogP) is 0.988. The molecule has 1 unspecified atom stereocenters. The summed E-state index contributed by atoms with van der Waals surface area (Å²) >= 11 is 0. The third-order valence-electron chi connectivity index (χ3n) is 2.73. The zero-order chi connectivity index (χ0) is 13.5. The Morgan fingerprint density at radius 2 is 2.21 bits per heavy atom. The highest BCUT2D eigenvalue weighted by Gasteiger charge is 2.18. The molecule has 1 aromatic carbocycles. The number of hydrazine groups is 1. The van der Waals surface area contributed by atoms with Crippen molar-refractivity contribution >= 4 is 0 Å². The lowest BCUT2D eigenvalue weighted by Gasteiger charge is -2.18. The molecule has 0 saturated heterocycles. The summed E-state index contributed by atoms with van der Waals surface area (Å²) in [5, 5.41) is 0. The summed E-state index contributed by atoms with van der Waals surface area (Å²) in [6.45, 7) is 1.03. The van der Waals surface area contributed by atoms with Crippen molar-refractivity contribution < 1.29 is 9.47 Å². The van der Waals surface area contributed by atoms with Gasteiger partial charge in [0.2, 0.25) is 0 Å². The molecule has 0 bridgehead atoms. The Balaban J connectivity index is 2.22. The van der Waals surface area contributed by atoms with Crippen LogP contribution in [0, 0.1) is 0 Å². The van der Waals surface area contributed by atoms with Crippen LogP contribution in [-0.4, -0.2) is 30.3 Å². The molecular weight excluding hydrogens is 244 g/mol. The van der Waals surface area contributed by atoms with Crippen LogP contribution in [0.25, 0.3) is 0 Å². The minimum Gasteiger partial charge on any atom is -0.491 e. The number of hydrogen-bond acceptors (Lipinski definition) is 5. The second kappa shape index (κ2) is 6.89. The number of nitrogens with one attached hydrogen (secondary N) is 2. The molecule has 19 heavy (non-hydrogen) atoms. The van der Waals surface area contributed by atoms with Crippen LogP contribution in [0.1, 0.15) is 17.4 Å². The zero-order valence-electron chi connectivity index (χ0n) is 10.8. The van der Waals surface area contributed by atoms with E-state index in [1.54, 1.807) is 19.5 Å². The lowest BCUT2D eigenvalue weighted by atomic mass is 10.1. The second-order valence-corrected chi connectivity index (χ2v) is 3.95. The molecular formula is C13H18N4O2. The van der Waals surface area contributed by atoms with Crippen LogP contribution in [0.15, 0.2) is 36.7 Å². The minimum absolute atomic E-state index is 0.242. The Labute approximate surface area is 111 Å². The van der Waals surface area contributed by atoms with Gasteiger partial charge in [-0.25, -0.2) is 10.4 Å². The number of rotatable bonds is 7. The first kappa shape index (κ1) is 13.5. The van der Waals surface area contributed by atoms with Gasteiger partial charge in [-0.15, -0.1) is 0 Å². The van der Waals surface area contributed by atoms with Crippen LogP contribution < -0.4 is 16.0 Å². The monoisotopic (exact) mass is 262 g/mol. The standard InChI is InChI=1S/C13H18N4O2/c1-18-8-9-19-11-5-3-2-4-10(11)12(17-14)13-15-6-7-16-13/h2-7,12,17H,8-9,14H2,1H3,(H,15,16). The maximum Gasteiger partial charge on any atom is 0.129 e. The first-order valence-corrected chi connectivity index (χ1v) is 6.03. The predicted molar refractivity (Wildman–Crippen MR) is 71.6 cm³/mol. The quantitative estimate of drug-likeness (QED) is 0.393. The van der Waals surface area contributed by atoms with E-state index in [-0.39, 0.29) is 6.04 Å². The van der Waals surface area contributed by atoms with Gasteiger partial charge in [-0.1, -0.05) is 18.2 Å². The minimum atomic E-state index is -0.242. The molecule has 0 saturated carbocycles. The maximum absolute atomic E-state index is 5.70. The van der Waals surface area contributed by atoms with Crippen LogP contribution in [0.3, 0.4) is 0 Å². The molecule has 102 valence electrons. The van der Waals surface area contributed by atoms with Gasteiger partial charge in [0.05, 0.1) is 6.61 Å². The van der Waals surface area contributed by atoms with E-state index in [4.69, 9.17) is 15.3 Å². The molecule has 0 amide bonds. The van der Waals surface area contributed by atoms with E-state index in [1.165, 1.54) is 0 Å². The Morgan fingerprint density at radius 1 is 1.37 bits per heavy atom. The fraction of sp³-hybridized carbons (Fsp3) is 0.308. The molecule has 6 nitrogen and oxygen atoms in total. The highest BCUT2D eigenvalue weighted by Crippen LogP contribution is 2.27. The fourth-order valence-electron chi connectivity index (χ4n) is 1.84. The number of aromatic nitrogens is 2. The Bertz CT molecular complexity index is 487. The van der Waals surface area contributed by atoms with Crippen LogP contribution in [0.4, 0.5) is 0 Å². The number of imidazole rings is 1. The van der Waals surface area contributed by atoms with E-state index in [0.717, 1.165) is 17.1 Å². The number of H-pyrrole nitrogens is 1. The number of benzene rings is 1. The number of nitrogens with zero attached hydrogens (tertiary/aromatic N) is 1. The number of methoxy groups -OCH3 is 1. The summed E-state index contributed by atoms with van der Waals surface area (Å²) in [6.07, 6.45) is 3.45. The first-order chi connectivity index (χ1) is 9.36. The van der Waals surface area contributed by atoms with E-state index in [1.807, 2.05) is 24.3 Å². The van der Waals surface area contributed by atoms with E-state index >= 15 is 0 Å². The average molecular weight is 262 g/mol. The van der Waals surface area contributed by atoms with E-state index in [0.29, 0.717) is 13.2 Å². The second-order valence-electron chi connectivity index (χ2n) is 3.95. The molecule has 1 aromatic heterocycles. The first-order valence-electron chi connectivity index (χ1n) is 6.03. The SMILES string of the molecule is COCCOc1ccccc1C(NN)c1ncc[nH]1. The van der Waals surface area contributed by atoms with E-state index in [9.17, 15) is 0 Å². The third-order valence-corrected chi connectivity index (χ3v) is 2.73. The Hall–Kier alpha value is -1.89. The summed E-state index contributed by atoms with van der Waals surface area (Å²) in [4.78, 5) is 7.27. The van der Waals surface area contributed by atoms with Crippen molar-refractivity contribution in [2.45, 2.75) is 6.04 Å². The number of hydrogen-bond donors (Lipinski definition) is 3. The molecule has 0 aliphatic carbocycles. The number of ether oxygens (including phenoxy) is 2. The van der Waals surface area contributed by atoms with Crippen LogP contribution in [-0.2, 0) is 4.74 Å². The fourth-order valence-corrected chi connectivity index (χ4v) is 1.84. The molecule has 0 aliphatic heterocycles. The van der Waals surface area contributed by atoms with Crippen molar-refractivity contribution in [2.24, 2.45) is 5.84 Å². The van der Waals surface area contributed by atoms with Gasteiger partial charge in [0, 0.05) is 25.1 Å². The molecule has 4 N–H and O–H groups in total. The highest BCUT2D eigenvalue weighted by molar-refractivity contribution is 5.38. The molecule has 0 radical (unpaired) electrons. The third kappa shape index (κ3) is 3.31. The van der Waals surface area contributed by atoms with Gasteiger partial charge in [-0.2, -0.15) is 0 Å². The number of para-hydroxylation sites is 1. The molecule has 1 atom stereocenters. The van der Waals surface area contributed by atoms with Gasteiger partial charge in [-0.3, -0.25) is 5.84 Å². The molecule has 0 spiro atoms. The van der Waals surface area contributed by atoms with Crippen LogP contribution in [0.5, 0.6) is 5.75 Å². The lowest BCUT2D eigenvalue weighted by Crippen LogP contribution is -2.30. The molecule has 0 fully saturated rings. The van der Waals surface area contributed by atoms with Gasteiger partial charge in [0.25, 0.3) is 0 Å². The Morgan fingerprint density at radius 3 is 2.89 bits per heavy atom. The highest BCUT2D eigenvalue weighted by atomic mass is 16.5. The largest absolute Gasteiger partial charge is 0.491 e. The molecule has 2 rings (SSSR count). The normalized spacial score (nSPS) is 12.3. The van der Waals surface area contributed by atoms with Gasteiger partial charge >= 0.3 is 0 Å². The zero-order valence-corrected chi connectivity index (χ0v) is 10.8. The van der Waals surface area contributed by atoms with Crippen molar-refractivity contribution in [1.82, 2.24) is 15.4 Å². The summed E-state index contributed by atoms with van der Waals surface area (Å²) in [6, 6.07) is 7.47. The average Bonchev–Trinajstić information content (AvgIpc) is 2.96. The molecule has 2 aromatic rings. The van der Waals surface area contributed by atoms with Gasteiger partial charge in [0.1, 0.15) is 24.2 Å². The van der Waals surface area contributed by atoms with Gasteiger partial charge < -0.3 is 14.5 Å². The summed E-state index contributed by atoms with van der Waals surface area (Å²) in [5.74, 6) is 7.13. The number of aromatic amines is 1. The number of nitrogens with two attached hydrogens (primary N) is 1. The molecule has 0 aliphatic rings. The maximum atomic E-state index is 5.70. The van der Waals surface area contributed by atoms with E-state index < -0.39 is 0 Å². The Kier molecular flexibility index (Phi) is 4.91. The smallest absolute Gasteiger partial charge is 0.129 e. The topological polar surface area (TPSA) is 85.2 Å². The van der Waals surface area contributed by atoms with Crippen LogP contribution >= 0.6 is 0 Å². The molecule has 1 heterocycles. The van der Waals surface area contributed by atoms with Crippen molar-refractivity contribution in [3.05, 3.63) is 48.0 Å². The van der Waals surface area contributed by atoms with Crippen molar-refractivity contribution in [1.29, 1.82) is 0 Å². The summed E-state index contributed by atoms with van der Waals surface area (Å²) in [5.41, 5.74) is 3.67. The van der Waals surface area contributed by atoms with Gasteiger partial charge in [0.15, 0.2) is 0 Å². The van der Waals surface area contributed by atoms with Crippen molar-refractivity contribution in [2.75, 3.05) is 20.3 Å². The molecule has 6 heteroatoms. The lowest BCUT2D eigenvalue weighted by molar-refractivity contribution is 0.145. The summed E-state index contributed by atoms with van der Waals surface area (Å²) < 4.78 is 10.7. The van der Waals surface area contributed by atoms with Gasteiger partial charge in [-0.05, 0) is 6.07 Å². The van der Waals surface area contributed by atoms with Crippen molar-refractivity contribution in [3.63, 3.8) is 0 Å². The van der Waals surface area contributed by atoms with E-state index in [2.05, 4.69) is 15.4 Å². The van der Waals surface area contributed by atoms with Crippen LogP contribution in [0.2, 0.25) is 0 Å². The summed E-state index contributed by atoms with van der Waals surface area (Å²) in [7, 11) is 1.64. The van der Waals surface area contributed by atoms with Crippen molar-refractivity contribution in [3.8, 4) is 5.75 Å².